The van der Waals surface area contributed by atoms with Crippen LogP contribution in [-0.4, -0.2) is 33.1 Å². The lowest BCUT2D eigenvalue weighted by Gasteiger charge is -2.06. The molecule has 0 aliphatic rings. The normalized spacial score (nSPS) is 10.8. The van der Waals surface area contributed by atoms with E-state index in [0.29, 0.717) is 6.54 Å². The molecular formula is C12H23NO2. The lowest BCUT2D eigenvalue weighted by atomic mass is 10.1. The van der Waals surface area contributed by atoms with Crippen molar-refractivity contribution < 1.29 is 9.53 Å². The van der Waals surface area contributed by atoms with Crippen molar-refractivity contribution in [2.45, 2.75) is 13.3 Å². The molecule has 3 heteroatoms. The molecule has 1 N–H and O–H groups in total. The highest BCUT2D eigenvalue weighted by Gasteiger charge is 2.02. The highest BCUT2D eigenvalue weighted by atomic mass is 16.5. The topological polar surface area (TPSA) is 38.3 Å². The molecule has 0 rings (SSSR count). The van der Waals surface area contributed by atoms with Crippen LogP contribution in [-0.2, 0) is 9.53 Å². The molecule has 1 atom stereocenters. The molecule has 0 heterocycles. The van der Waals surface area contributed by atoms with Gasteiger partial charge in [-0.1, -0.05) is 12.2 Å². The first kappa shape index (κ1) is 16.5. The Hall–Kier alpha value is -0.930. The molecule has 0 fully saturated rings. The number of hydrogen-bond acceptors (Lipinski definition) is 3. The van der Waals surface area contributed by atoms with Crippen LogP contribution >= 0.6 is 0 Å². The summed E-state index contributed by atoms with van der Waals surface area (Å²) in [5.74, 6) is 0.0625. The van der Waals surface area contributed by atoms with Crippen LogP contribution in [0.5, 0.6) is 0 Å². The van der Waals surface area contributed by atoms with E-state index in [2.05, 4.69) is 23.2 Å². The third-order valence-electron chi connectivity index (χ3n) is 1.65. The van der Waals surface area contributed by atoms with Gasteiger partial charge >= 0.3 is 0 Å². The van der Waals surface area contributed by atoms with Gasteiger partial charge in [-0.2, -0.15) is 0 Å². The molecule has 0 aliphatic carbocycles. The number of rotatable bonds is 8. The summed E-state index contributed by atoms with van der Waals surface area (Å²) < 4.78 is 4.54. The van der Waals surface area contributed by atoms with Crippen molar-refractivity contribution in [2.75, 3.05) is 26.8 Å². The van der Waals surface area contributed by atoms with Gasteiger partial charge in [-0.05, 0) is 13.3 Å². The van der Waals surface area contributed by atoms with E-state index in [0.717, 1.165) is 25.9 Å². The van der Waals surface area contributed by atoms with E-state index in [1.165, 1.54) is 0 Å². The van der Waals surface area contributed by atoms with E-state index in [1.54, 1.807) is 19.3 Å². The molecule has 0 radical (unpaired) electrons. The molecule has 3 nitrogen and oxygen atoms in total. The highest BCUT2D eigenvalue weighted by Crippen LogP contribution is 1.96. The van der Waals surface area contributed by atoms with Crippen LogP contribution in [0.2, 0.25) is 0 Å². The molecule has 0 aliphatic heterocycles. The summed E-state index contributed by atoms with van der Waals surface area (Å²) >= 11 is 0. The Balaban J connectivity index is 0. The second-order valence-electron chi connectivity index (χ2n) is 2.94. The van der Waals surface area contributed by atoms with E-state index in [4.69, 9.17) is 0 Å². The molecule has 1 unspecified atom stereocenters. The quantitative estimate of drug-likeness (QED) is 0.379. The maximum absolute atomic E-state index is 10.4. The summed E-state index contributed by atoms with van der Waals surface area (Å²) in [6.45, 7) is 11.4. The van der Waals surface area contributed by atoms with Gasteiger partial charge in [-0.25, -0.2) is 0 Å². The fourth-order valence-electron chi connectivity index (χ4n) is 0.772. The zero-order valence-corrected chi connectivity index (χ0v) is 9.87. The molecule has 88 valence electrons. The third kappa shape index (κ3) is 15.8. The predicted molar refractivity (Wildman–Crippen MR) is 65.0 cm³/mol. The smallest absolute Gasteiger partial charge is 0.124 e. The molecule has 0 bridgehead atoms. The lowest BCUT2D eigenvalue weighted by molar-refractivity contribution is -0.110. The van der Waals surface area contributed by atoms with E-state index in [1.807, 2.05) is 6.92 Å². The molecule has 0 aromatic carbocycles. The van der Waals surface area contributed by atoms with Gasteiger partial charge in [0.05, 0.1) is 0 Å². The fourth-order valence-corrected chi connectivity index (χ4v) is 0.772. The van der Waals surface area contributed by atoms with Crippen LogP contribution in [0.3, 0.4) is 0 Å². The standard InChI is InChI=1S/C9H15NO.C3H8O/c1-3-5-9(8-11)7-10-6-4-2;1-3-4-2/h3-4,8-10H,1-2,5-7H2;3H2,1-2H3. The molecule has 0 spiro atoms. The first-order chi connectivity index (χ1) is 7.26. The number of ether oxygens (including phenoxy) is 1. The maximum Gasteiger partial charge on any atom is 0.124 e. The zero-order valence-electron chi connectivity index (χ0n) is 9.87. The van der Waals surface area contributed by atoms with Crippen LogP contribution in [0.15, 0.2) is 25.3 Å². The van der Waals surface area contributed by atoms with Gasteiger partial charge in [-0.3, -0.25) is 0 Å². The monoisotopic (exact) mass is 213 g/mol. The Kier molecular flexibility index (Phi) is 17.1. The summed E-state index contributed by atoms with van der Waals surface area (Å²) in [5, 5.41) is 3.07. The van der Waals surface area contributed by atoms with Crippen molar-refractivity contribution in [2.24, 2.45) is 5.92 Å². The van der Waals surface area contributed by atoms with Gasteiger partial charge in [0, 0.05) is 32.7 Å². The van der Waals surface area contributed by atoms with Crippen LogP contribution in [0, 0.1) is 5.92 Å². The minimum absolute atomic E-state index is 0.0625. The van der Waals surface area contributed by atoms with Gasteiger partial charge in [0.2, 0.25) is 0 Å². The summed E-state index contributed by atoms with van der Waals surface area (Å²) in [6.07, 6.45) is 5.23. The number of carbonyl (C=O) groups is 1. The average Bonchev–Trinajstić information content (AvgIpc) is 2.28. The number of carbonyl (C=O) groups excluding carboxylic acids is 1. The van der Waals surface area contributed by atoms with Crippen LogP contribution in [0.1, 0.15) is 13.3 Å². The first-order valence-corrected chi connectivity index (χ1v) is 5.13. The van der Waals surface area contributed by atoms with Gasteiger partial charge < -0.3 is 14.8 Å². The van der Waals surface area contributed by atoms with Crippen molar-refractivity contribution >= 4 is 6.29 Å². The molecule has 0 saturated heterocycles. The molecule has 0 saturated carbocycles. The van der Waals surface area contributed by atoms with Crippen LogP contribution < -0.4 is 5.32 Å². The van der Waals surface area contributed by atoms with Gasteiger partial charge in [-0.15, -0.1) is 13.2 Å². The van der Waals surface area contributed by atoms with Crippen LogP contribution in [0.4, 0.5) is 0 Å². The van der Waals surface area contributed by atoms with E-state index in [-0.39, 0.29) is 5.92 Å². The summed E-state index contributed by atoms with van der Waals surface area (Å²) in [4.78, 5) is 10.4. The van der Waals surface area contributed by atoms with E-state index < -0.39 is 0 Å². The minimum atomic E-state index is 0.0625. The Bertz CT molecular complexity index is 156. The average molecular weight is 213 g/mol. The Morgan fingerprint density at radius 2 is 2.00 bits per heavy atom. The first-order valence-electron chi connectivity index (χ1n) is 5.13. The number of hydrogen-bond donors (Lipinski definition) is 1. The molecule has 0 aromatic rings. The SMILES string of the molecule is C=CCNCC(C=O)CC=C.CCOC. The number of methoxy groups -OCH3 is 1. The van der Waals surface area contributed by atoms with Crippen molar-refractivity contribution in [1.29, 1.82) is 0 Å². The number of nitrogens with one attached hydrogen (secondary N) is 1. The summed E-state index contributed by atoms with van der Waals surface area (Å²) in [6, 6.07) is 0. The molecule has 15 heavy (non-hydrogen) atoms. The van der Waals surface area contributed by atoms with E-state index in [9.17, 15) is 4.79 Å². The fraction of sp³-hybridized carbons (Fsp3) is 0.583. The third-order valence-corrected chi connectivity index (χ3v) is 1.65. The van der Waals surface area contributed by atoms with Crippen molar-refractivity contribution in [3.05, 3.63) is 25.3 Å². The van der Waals surface area contributed by atoms with Gasteiger partial charge in [0.15, 0.2) is 0 Å². The minimum Gasteiger partial charge on any atom is -0.385 e. The van der Waals surface area contributed by atoms with Crippen molar-refractivity contribution in [3.63, 3.8) is 0 Å². The highest BCUT2D eigenvalue weighted by molar-refractivity contribution is 5.54. The summed E-state index contributed by atoms with van der Waals surface area (Å²) in [7, 11) is 1.68. The molecular weight excluding hydrogens is 190 g/mol. The van der Waals surface area contributed by atoms with Crippen molar-refractivity contribution in [3.8, 4) is 0 Å². The Morgan fingerprint density at radius 3 is 2.33 bits per heavy atom. The second kappa shape index (κ2) is 15.5. The Morgan fingerprint density at radius 1 is 1.40 bits per heavy atom. The predicted octanol–water partition coefficient (Wildman–Crippen LogP) is 1.81. The maximum atomic E-state index is 10.4. The molecule has 0 aromatic heterocycles. The van der Waals surface area contributed by atoms with Crippen molar-refractivity contribution in [1.82, 2.24) is 5.32 Å². The summed E-state index contributed by atoms with van der Waals surface area (Å²) in [5.41, 5.74) is 0. The number of aldehydes is 1. The molecule has 0 amide bonds. The van der Waals surface area contributed by atoms with E-state index >= 15 is 0 Å². The lowest BCUT2D eigenvalue weighted by Crippen LogP contribution is -2.23. The zero-order chi connectivity index (χ0) is 11.9. The Labute approximate surface area is 93.2 Å². The number of allylic oxidation sites excluding steroid dienone is 1. The second-order valence-corrected chi connectivity index (χ2v) is 2.94. The van der Waals surface area contributed by atoms with Crippen LogP contribution in [0.25, 0.3) is 0 Å². The van der Waals surface area contributed by atoms with Gasteiger partial charge in [0.1, 0.15) is 6.29 Å². The largest absolute Gasteiger partial charge is 0.385 e. The van der Waals surface area contributed by atoms with Gasteiger partial charge in [0.25, 0.3) is 0 Å².